The van der Waals surface area contributed by atoms with E-state index in [1.54, 1.807) is 12.1 Å². The Morgan fingerprint density at radius 3 is 1.66 bits per heavy atom. The van der Waals surface area contributed by atoms with E-state index in [-0.39, 0.29) is 29.6 Å². The molecule has 0 aliphatic carbocycles. The van der Waals surface area contributed by atoms with Gasteiger partial charge in [-0.3, -0.25) is 20.2 Å². The highest BCUT2D eigenvalue weighted by molar-refractivity contribution is 9.10. The van der Waals surface area contributed by atoms with Crippen molar-refractivity contribution in [3.05, 3.63) is 77.0 Å². The van der Waals surface area contributed by atoms with E-state index in [1.807, 2.05) is 0 Å². The van der Waals surface area contributed by atoms with E-state index in [1.165, 1.54) is 24.6 Å². The third-order valence-electron chi connectivity index (χ3n) is 4.28. The van der Waals surface area contributed by atoms with Crippen LogP contribution in [0.2, 0.25) is 0 Å². The molecule has 0 fully saturated rings. The van der Waals surface area contributed by atoms with Gasteiger partial charge in [0, 0.05) is 44.9 Å². The molecule has 0 atom stereocenters. The molecule has 0 bridgehead atoms. The topological polar surface area (TPSA) is 181 Å². The van der Waals surface area contributed by atoms with E-state index < -0.39 is 41.0 Å². The number of rotatable bonds is 10. The van der Waals surface area contributed by atoms with Crippen LogP contribution in [0.3, 0.4) is 0 Å². The minimum absolute atomic E-state index is 0. The summed E-state index contributed by atoms with van der Waals surface area (Å²) in [5.41, 5.74) is 5.27. The zero-order chi connectivity index (χ0) is 28.8. The van der Waals surface area contributed by atoms with Crippen LogP contribution in [0.15, 0.2) is 45.3 Å². The van der Waals surface area contributed by atoms with Crippen molar-refractivity contribution in [1.82, 2.24) is 0 Å². The van der Waals surface area contributed by atoms with Gasteiger partial charge in [0.2, 0.25) is 5.82 Å². The summed E-state index contributed by atoms with van der Waals surface area (Å²) >= 11 is 6.18. The van der Waals surface area contributed by atoms with Gasteiger partial charge >= 0.3 is 5.69 Å². The van der Waals surface area contributed by atoms with Crippen molar-refractivity contribution >= 4 is 75.3 Å². The minimum atomic E-state index is -2.95. The third kappa shape index (κ3) is 18.5. The summed E-state index contributed by atoms with van der Waals surface area (Å²) in [6.07, 6.45) is 4.62. The summed E-state index contributed by atoms with van der Waals surface area (Å²) in [5.74, 6) is -0.487. The molecule has 38 heavy (non-hydrogen) atoms. The molecule has 11 nitrogen and oxygen atoms in total. The molecule has 2 aromatic rings. The maximum absolute atomic E-state index is 12.6. The number of nitro benzene ring substituents is 2. The Kier molecular flexibility index (Phi) is 18.8. The average molecular weight is 730 g/mol. The lowest BCUT2D eigenvalue weighted by molar-refractivity contribution is -0.387. The van der Waals surface area contributed by atoms with Crippen LogP contribution in [0, 0.1) is 26.0 Å². The largest absolute Gasteiger partial charge is 0.330 e. The summed E-state index contributed by atoms with van der Waals surface area (Å²) in [6, 6.07) is 8.48. The smallest absolute Gasteiger partial charge is 0.305 e. The third-order valence-corrected chi connectivity index (χ3v) is 7.33. The Morgan fingerprint density at radius 2 is 1.26 bits per heavy atom. The van der Waals surface area contributed by atoms with Gasteiger partial charge in [0.15, 0.2) is 0 Å². The second kappa shape index (κ2) is 18.5. The molecule has 0 radical (unpaired) electrons. The molecule has 2 rings (SSSR count). The normalized spacial score (nSPS) is 10.7. The molecule has 0 saturated carbocycles. The zero-order valence-electron chi connectivity index (χ0n) is 20.5. The first-order valence-electron chi connectivity index (χ1n) is 10.5. The maximum atomic E-state index is 12.6. The van der Waals surface area contributed by atoms with Crippen molar-refractivity contribution in [3.63, 3.8) is 0 Å². The molecule has 17 heteroatoms. The highest BCUT2D eigenvalue weighted by Crippen LogP contribution is 2.25. The molecule has 0 aliphatic rings. The SMILES string of the molecule is CS(=O)(=O)CCCCc1ccc(Br)cc1[N+](=O)[O-].CS(=O)(=O)CCCN.Cl.O=[N+]([O-])c1cc(Br)ccc1F. The lowest BCUT2D eigenvalue weighted by Crippen LogP contribution is -2.08. The van der Waals surface area contributed by atoms with Crippen LogP contribution in [-0.2, 0) is 26.1 Å². The Labute approximate surface area is 244 Å². The van der Waals surface area contributed by atoms with Gasteiger partial charge in [-0.1, -0.05) is 37.9 Å². The zero-order valence-corrected chi connectivity index (χ0v) is 26.1. The van der Waals surface area contributed by atoms with Gasteiger partial charge in [0.25, 0.3) is 5.69 Å². The molecule has 0 heterocycles. The van der Waals surface area contributed by atoms with E-state index in [9.17, 15) is 41.5 Å². The van der Waals surface area contributed by atoms with Gasteiger partial charge in [-0.2, -0.15) is 4.39 Å². The maximum Gasteiger partial charge on any atom is 0.305 e. The second-order valence-corrected chi connectivity index (χ2v) is 14.1. The molecule has 2 aromatic carbocycles. The first-order chi connectivity index (χ1) is 17.0. The van der Waals surface area contributed by atoms with Crippen molar-refractivity contribution in [2.24, 2.45) is 5.73 Å². The minimum Gasteiger partial charge on any atom is -0.330 e. The predicted octanol–water partition coefficient (Wildman–Crippen LogP) is 5.02. The van der Waals surface area contributed by atoms with E-state index in [2.05, 4.69) is 31.9 Å². The second-order valence-electron chi connectivity index (χ2n) is 7.74. The van der Waals surface area contributed by atoms with Crippen LogP contribution >= 0.6 is 44.3 Å². The first-order valence-corrected chi connectivity index (χ1v) is 16.2. The number of hydrogen-bond acceptors (Lipinski definition) is 9. The molecule has 2 N–H and O–H groups in total. The number of nitro groups is 2. The molecule has 0 unspecified atom stereocenters. The van der Waals surface area contributed by atoms with E-state index in [0.717, 1.165) is 12.1 Å². The molecule has 216 valence electrons. The fraction of sp³-hybridized carbons (Fsp3) is 0.429. The standard InChI is InChI=1S/C11H14BrNO4S.C6H3BrFNO2.C4H11NO2S.ClH/c1-18(16,17)7-3-2-4-9-5-6-10(12)8-11(9)13(14)15;7-4-1-2-5(8)6(3-4)9(10)11;1-8(6,7)4-2-3-5;/h5-6,8H,2-4,7H2,1H3;1-3H;2-5H2,1H3;1H. The summed E-state index contributed by atoms with van der Waals surface area (Å²) < 4.78 is 56.3. The van der Waals surface area contributed by atoms with Crippen molar-refractivity contribution in [3.8, 4) is 0 Å². The molecule has 0 aliphatic heterocycles. The summed E-state index contributed by atoms with van der Waals surface area (Å²) in [6.45, 7) is 0.451. The molecule has 0 aromatic heterocycles. The van der Waals surface area contributed by atoms with E-state index in [4.69, 9.17) is 5.73 Å². The van der Waals surface area contributed by atoms with Crippen LogP contribution in [0.25, 0.3) is 0 Å². The van der Waals surface area contributed by atoms with Gasteiger partial charge in [-0.05, 0) is 50.4 Å². The van der Waals surface area contributed by atoms with Gasteiger partial charge in [0.05, 0.1) is 15.6 Å². The fourth-order valence-corrected chi connectivity index (χ4v) is 4.69. The molecular formula is C21H29Br2ClFN3O8S2. The van der Waals surface area contributed by atoms with Crippen LogP contribution in [-0.4, -0.2) is 57.2 Å². The molecule has 0 saturated heterocycles. The van der Waals surface area contributed by atoms with E-state index in [0.29, 0.717) is 46.7 Å². The average Bonchev–Trinajstić information content (AvgIpc) is 2.77. The number of hydrogen-bond donors (Lipinski definition) is 1. The fourth-order valence-electron chi connectivity index (χ4n) is 2.57. The summed E-state index contributed by atoms with van der Waals surface area (Å²) in [5, 5.41) is 21.0. The highest BCUT2D eigenvalue weighted by atomic mass is 79.9. The number of nitrogens with two attached hydrogens (primary N) is 1. The summed E-state index contributed by atoms with van der Waals surface area (Å²) in [4.78, 5) is 19.8. The number of halogens is 4. The Morgan fingerprint density at radius 1 is 0.816 bits per heavy atom. The van der Waals surface area contributed by atoms with Crippen LogP contribution in [0.5, 0.6) is 0 Å². The van der Waals surface area contributed by atoms with Gasteiger partial charge in [-0.25, -0.2) is 16.8 Å². The quantitative estimate of drug-likeness (QED) is 0.200. The Bertz CT molecular complexity index is 1280. The number of benzene rings is 2. The van der Waals surface area contributed by atoms with E-state index >= 15 is 0 Å². The number of sulfone groups is 2. The Balaban J connectivity index is 0. The van der Waals surface area contributed by atoms with Crippen molar-refractivity contribution in [2.75, 3.05) is 30.6 Å². The highest BCUT2D eigenvalue weighted by Gasteiger charge is 2.14. The lowest BCUT2D eigenvalue weighted by atomic mass is 10.1. The van der Waals surface area contributed by atoms with Crippen LogP contribution in [0.1, 0.15) is 24.8 Å². The number of nitrogens with zero attached hydrogens (tertiary/aromatic N) is 2. The van der Waals surface area contributed by atoms with Crippen LogP contribution < -0.4 is 5.73 Å². The van der Waals surface area contributed by atoms with Crippen LogP contribution in [0.4, 0.5) is 15.8 Å². The predicted molar refractivity (Wildman–Crippen MR) is 155 cm³/mol. The Hall–Kier alpha value is -1.72. The van der Waals surface area contributed by atoms with Crippen molar-refractivity contribution in [2.45, 2.75) is 25.7 Å². The van der Waals surface area contributed by atoms with Crippen molar-refractivity contribution < 1.29 is 31.1 Å². The number of unbranched alkanes of at least 4 members (excludes halogenated alkanes) is 1. The van der Waals surface area contributed by atoms with Crippen molar-refractivity contribution in [1.29, 1.82) is 0 Å². The van der Waals surface area contributed by atoms with Gasteiger partial charge < -0.3 is 5.73 Å². The monoisotopic (exact) mass is 727 g/mol. The number of aryl methyl sites for hydroxylation is 1. The van der Waals surface area contributed by atoms with Gasteiger partial charge in [0.1, 0.15) is 19.7 Å². The van der Waals surface area contributed by atoms with Gasteiger partial charge in [-0.15, -0.1) is 12.4 Å². The lowest BCUT2D eigenvalue weighted by Gasteiger charge is -2.03. The first kappa shape index (κ1) is 38.4. The molecule has 0 spiro atoms. The molecule has 0 amide bonds. The summed E-state index contributed by atoms with van der Waals surface area (Å²) in [7, 11) is -5.72. The molecular weight excluding hydrogens is 701 g/mol.